The van der Waals surface area contributed by atoms with Gasteiger partial charge in [-0.15, -0.1) is 0 Å². The number of rotatable bonds is 4. The Hall–Kier alpha value is -2.97. The molecular formula is C16H16N4O. The Labute approximate surface area is 124 Å². The molecule has 0 aliphatic carbocycles. The number of nitriles is 3. The van der Waals surface area contributed by atoms with Crippen LogP contribution in [0.1, 0.15) is 20.8 Å². The number of nitrogens with zero attached hydrogens (tertiary/aromatic N) is 3. The highest BCUT2D eigenvalue weighted by atomic mass is 16.5. The number of benzene rings is 1. The Bertz CT molecular complexity index is 630. The predicted octanol–water partition coefficient (Wildman–Crippen LogP) is 3.35. The highest BCUT2D eigenvalue weighted by molar-refractivity contribution is 5.58. The Kier molecular flexibility index (Phi) is 5.35. The first kappa shape index (κ1) is 16.1. The first-order chi connectivity index (χ1) is 9.89. The molecule has 0 bridgehead atoms. The quantitative estimate of drug-likeness (QED) is 0.854. The summed E-state index contributed by atoms with van der Waals surface area (Å²) in [7, 11) is 0. The standard InChI is InChI=1S/C16H16N4O/c1-16(2,3)11-21-14-6-4-13(5-7-14)20-15(10-19)12(8-17)9-18/h4-7,20H,11H2,1-3H3. The molecule has 0 radical (unpaired) electrons. The third kappa shape index (κ3) is 5.27. The maximum Gasteiger partial charge on any atom is 0.163 e. The van der Waals surface area contributed by atoms with Gasteiger partial charge < -0.3 is 10.1 Å². The molecule has 0 aliphatic rings. The Morgan fingerprint density at radius 1 is 1.05 bits per heavy atom. The van der Waals surface area contributed by atoms with Crippen LogP contribution < -0.4 is 10.1 Å². The van der Waals surface area contributed by atoms with Crippen LogP contribution in [0.15, 0.2) is 35.5 Å². The van der Waals surface area contributed by atoms with Gasteiger partial charge >= 0.3 is 0 Å². The summed E-state index contributed by atoms with van der Waals surface area (Å²) in [4.78, 5) is 0. The largest absolute Gasteiger partial charge is 0.493 e. The molecule has 0 unspecified atom stereocenters. The Morgan fingerprint density at radius 3 is 2.05 bits per heavy atom. The predicted molar refractivity (Wildman–Crippen MR) is 78.9 cm³/mol. The average molecular weight is 280 g/mol. The van der Waals surface area contributed by atoms with Gasteiger partial charge in [0.15, 0.2) is 5.57 Å². The van der Waals surface area contributed by atoms with Crippen LogP contribution in [-0.2, 0) is 0 Å². The van der Waals surface area contributed by atoms with Gasteiger partial charge in [0, 0.05) is 5.69 Å². The monoisotopic (exact) mass is 280 g/mol. The van der Waals surface area contributed by atoms with Crippen LogP contribution in [0.25, 0.3) is 0 Å². The minimum atomic E-state index is -0.245. The van der Waals surface area contributed by atoms with Crippen molar-refractivity contribution in [1.82, 2.24) is 0 Å². The van der Waals surface area contributed by atoms with E-state index in [0.29, 0.717) is 12.3 Å². The van der Waals surface area contributed by atoms with E-state index < -0.39 is 0 Å². The molecule has 106 valence electrons. The Balaban J connectivity index is 2.81. The van der Waals surface area contributed by atoms with Gasteiger partial charge in [-0.1, -0.05) is 20.8 Å². The summed E-state index contributed by atoms with van der Waals surface area (Å²) in [5.74, 6) is 0.721. The molecule has 0 saturated heterocycles. The first-order valence-electron chi connectivity index (χ1n) is 6.34. The fourth-order valence-electron chi connectivity index (χ4n) is 1.36. The second-order valence-electron chi connectivity index (χ2n) is 5.58. The summed E-state index contributed by atoms with van der Waals surface area (Å²) in [6.07, 6.45) is 0. The lowest BCUT2D eigenvalue weighted by atomic mass is 9.99. The SMILES string of the molecule is CC(C)(C)COc1ccc(NC(C#N)=C(C#N)C#N)cc1. The highest BCUT2D eigenvalue weighted by Crippen LogP contribution is 2.20. The van der Waals surface area contributed by atoms with Crippen molar-refractivity contribution in [2.75, 3.05) is 11.9 Å². The van der Waals surface area contributed by atoms with E-state index in [-0.39, 0.29) is 16.7 Å². The van der Waals surface area contributed by atoms with Gasteiger partial charge in [0.2, 0.25) is 0 Å². The summed E-state index contributed by atoms with van der Waals surface area (Å²) in [5.41, 5.74) is 0.369. The first-order valence-corrected chi connectivity index (χ1v) is 6.34. The van der Waals surface area contributed by atoms with E-state index in [9.17, 15) is 0 Å². The summed E-state index contributed by atoms with van der Waals surface area (Å²) >= 11 is 0. The molecular weight excluding hydrogens is 264 g/mol. The lowest BCUT2D eigenvalue weighted by molar-refractivity contribution is 0.198. The lowest BCUT2D eigenvalue weighted by Crippen LogP contribution is -2.16. The molecule has 5 nitrogen and oxygen atoms in total. The average Bonchev–Trinajstić information content (AvgIpc) is 2.45. The second-order valence-corrected chi connectivity index (χ2v) is 5.58. The van der Waals surface area contributed by atoms with Gasteiger partial charge in [-0.25, -0.2) is 0 Å². The normalized spacial score (nSPS) is 9.71. The van der Waals surface area contributed by atoms with Gasteiger partial charge in [0.05, 0.1) is 6.61 Å². The molecule has 0 spiro atoms. The van der Waals surface area contributed by atoms with E-state index >= 15 is 0 Å². The fourth-order valence-corrected chi connectivity index (χ4v) is 1.36. The van der Waals surface area contributed by atoms with Gasteiger partial charge in [-0.05, 0) is 29.7 Å². The molecule has 0 amide bonds. The molecule has 0 aromatic heterocycles. The molecule has 0 heterocycles. The van der Waals surface area contributed by atoms with E-state index in [1.54, 1.807) is 42.5 Å². The topological polar surface area (TPSA) is 92.6 Å². The number of anilines is 1. The number of nitrogens with one attached hydrogen (secondary N) is 1. The lowest BCUT2D eigenvalue weighted by Gasteiger charge is -2.18. The van der Waals surface area contributed by atoms with Gasteiger partial charge in [-0.2, -0.15) is 15.8 Å². The molecule has 1 N–H and O–H groups in total. The van der Waals surface area contributed by atoms with Crippen molar-refractivity contribution in [3.63, 3.8) is 0 Å². The van der Waals surface area contributed by atoms with Crippen molar-refractivity contribution in [2.45, 2.75) is 20.8 Å². The van der Waals surface area contributed by atoms with E-state index in [1.807, 2.05) is 0 Å². The number of hydrogen-bond acceptors (Lipinski definition) is 5. The molecule has 21 heavy (non-hydrogen) atoms. The van der Waals surface area contributed by atoms with Gasteiger partial charge in [0.1, 0.15) is 29.7 Å². The van der Waals surface area contributed by atoms with Gasteiger partial charge in [0.25, 0.3) is 0 Å². The third-order valence-corrected chi connectivity index (χ3v) is 2.38. The van der Waals surface area contributed by atoms with Crippen molar-refractivity contribution in [3.8, 4) is 24.0 Å². The minimum absolute atomic E-state index is 0.0663. The smallest absolute Gasteiger partial charge is 0.163 e. The minimum Gasteiger partial charge on any atom is -0.493 e. The number of ether oxygens (including phenoxy) is 1. The van der Waals surface area contributed by atoms with Crippen LogP contribution in [0.3, 0.4) is 0 Å². The molecule has 0 fully saturated rings. The zero-order chi connectivity index (χ0) is 15.9. The van der Waals surface area contributed by atoms with Crippen LogP contribution in [0, 0.1) is 39.4 Å². The fraction of sp³-hybridized carbons (Fsp3) is 0.312. The molecule has 1 rings (SSSR count). The second kappa shape index (κ2) is 6.98. The van der Waals surface area contributed by atoms with Crippen LogP contribution >= 0.6 is 0 Å². The number of allylic oxidation sites excluding steroid dienone is 2. The van der Waals surface area contributed by atoms with Crippen molar-refractivity contribution in [3.05, 3.63) is 35.5 Å². The molecule has 1 aromatic carbocycles. The highest BCUT2D eigenvalue weighted by Gasteiger charge is 2.11. The maximum atomic E-state index is 8.95. The summed E-state index contributed by atoms with van der Waals surface area (Å²) in [6, 6.07) is 12.1. The van der Waals surface area contributed by atoms with Crippen LogP contribution in [0.4, 0.5) is 5.69 Å². The van der Waals surface area contributed by atoms with Crippen LogP contribution in [0.2, 0.25) is 0 Å². The van der Waals surface area contributed by atoms with E-state index in [4.69, 9.17) is 20.5 Å². The van der Waals surface area contributed by atoms with Crippen LogP contribution in [0.5, 0.6) is 5.75 Å². The summed E-state index contributed by atoms with van der Waals surface area (Å²) in [5, 5.41) is 29.2. The number of hydrogen-bond donors (Lipinski definition) is 1. The summed E-state index contributed by atoms with van der Waals surface area (Å²) < 4.78 is 5.64. The molecule has 5 heteroatoms. The third-order valence-electron chi connectivity index (χ3n) is 2.38. The van der Waals surface area contributed by atoms with Crippen molar-refractivity contribution < 1.29 is 4.74 Å². The summed E-state index contributed by atoms with van der Waals surface area (Å²) in [6.45, 7) is 6.84. The van der Waals surface area contributed by atoms with Crippen molar-refractivity contribution in [1.29, 1.82) is 15.8 Å². The van der Waals surface area contributed by atoms with Crippen LogP contribution in [-0.4, -0.2) is 6.61 Å². The van der Waals surface area contributed by atoms with E-state index in [2.05, 4.69) is 26.1 Å². The zero-order valence-corrected chi connectivity index (χ0v) is 12.3. The maximum absolute atomic E-state index is 8.95. The van der Waals surface area contributed by atoms with E-state index in [0.717, 1.165) is 5.75 Å². The Morgan fingerprint density at radius 2 is 1.62 bits per heavy atom. The van der Waals surface area contributed by atoms with Crippen molar-refractivity contribution >= 4 is 5.69 Å². The van der Waals surface area contributed by atoms with Gasteiger partial charge in [-0.3, -0.25) is 0 Å². The molecule has 0 aliphatic heterocycles. The molecule has 0 atom stereocenters. The zero-order valence-electron chi connectivity index (χ0n) is 12.3. The van der Waals surface area contributed by atoms with E-state index in [1.165, 1.54) is 0 Å². The molecule has 1 aromatic rings. The van der Waals surface area contributed by atoms with Crippen molar-refractivity contribution in [2.24, 2.45) is 5.41 Å². The molecule has 0 saturated carbocycles.